The van der Waals surface area contributed by atoms with Gasteiger partial charge >= 0.3 is 0 Å². The summed E-state index contributed by atoms with van der Waals surface area (Å²) in [5, 5.41) is 3.94. The van der Waals surface area contributed by atoms with Crippen molar-refractivity contribution in [1.29, 1.82) is 0 Å². The van der Waals surface area contributed by atoms with Crippen LogP contribution in [0.1, 0.15) is 31.0 Å². The van der Waals surface area contributed by atoms with Crippen LogP contribution in [0.3, 0.4) is 0 Å². The number of piperidine rings is 1. The molecule has 0 unspecified atom stereocenters. The average Bonchev–Trinajstić information content (AvgIpc) is 2.89. The summed E-state index contributed by atoms with van der Waals surface area (Å²) in [4.78, 5) is 18.5. The highest BCUT2D eigenvalue weighted by atomic mass is 32.2. The predicted molar refractivity (Wildman–Crippen MR) is 83.0 cm³/mol. The number of rotatable bonds is 6. The van der Waals surface area contributed by atoms with Gasteiger partial charge in [-0.15, -0.1) is 0 Å². The standard InChI is InChI=1S/C14H24N4O2S/c1-10-16-13(17-20-10)8-11-4-3-6-18(9-11)14(19)12(15)5-7-21-2/h11-12H,3-9,15H2,1-2H3/t11-,12+/m0/s1. The second kappa shape index (κ2) is 7.79. The molecule has 1 saturated heterocycles. The molecule has 0 spiro atoms. The van der Waals surface area contributed by atoms with Crippen molar-refractivity contribution >= 4 is 17.7 Å². The summed E-state index contributed by atoms with van der Waals surface area (Å²) >= 11 is 1.72. The third kappa shape index (κ3) is 4.71. The van der Waals surface area contributed by atoms with Crippen molar-refractivity contribution < 1.29 is 9.32 Å². The number of thioether (sulfide) groups is 1. The molecular weight excluding hydrogens is 288 g/mol. The van der Waals surface area contributed by atoms with E-state index in [1.54, 1.807) is 18.7 Å². The molecule has 0 bridgehead atoms. The second-order valence-corrected chi connectivity index (χ2v) is 6.60. The Morgan fingerprint density at radius 2 is 2.43 bits per heavy atom. The summed E-state index contributed by atoms with van der Waals surface area (Å²) in [5.74, 6) is 2.73. The van der Waals surface area contributed by atoms with Gasteiger partial charge in [0.1, 0.15) is 0 Å². The molecule has 1 aromatic heterocycles. The number of aryl methyl sites for hydroxylation is 1. The second-order valence-electron chi connectivity index (χ2n) is 5.61. The van der Waals surface area contributed by atoms with Crippen LogP contribution in [0.25, 0.3) is 0 Å². The lowest BCUT2D eigenvalue weighted by molar-refractivity contribution is -0.134. The van der Waals surface area contributed by atoms with Gasteiger partial charge in [0.25, 0.3) is 0 Å². The number of hydrogen-bond acceptors (Lipinski definition) is 6. The lowest BCUT2D eigenvalue weighted by Gasteiger charge is -2.33. The van der Waals surface area contributed by atoms with E-state index in [4.69, 9.17) is 10.3 Å². The first-order valence-electron chi connectivity index (χ1n) is 7.42. The number of carbonyl (C=O) groups is 1. The van der Waals surface area contributed by atoms with Crippen molar-refractivity contribution in [3.63, 3.8) is 0 Å². The van der Waals surface area contributed by atoms with Crippen molar-refractivity contribution in [2.75, 3.05) is 25.1 Å². The van der Waals surface area contributed by atoms with Gasteiger partial charge in [0.05, 0.1) is 6.04 Å². The van der Waals surface area contributed by atoms with Crippen LogP contribution in [0.15, 0.2) is 4.52 Å². The van der Waals surface area contributed by atoms with E-state index in [0.29, 0.717) is 11.8 Å². The summed E-state index contributed by atoms with van der Waals surface area (Å²) in [6.45, 7) is 3.35. The molecule has 2 rings (SSSR count). The Morgan fingerprint density at radius 1 is 1.62 bits per heavy atom. The van der Waals surface area contributed by atoms with Crippen molar-refractivity contribution in [1.82, 2.24) is 15.0 Å². The minimum Gasteiger partial charge on any atom is -0.341 e. The lowest BCUT2D eigenvalue weighted by Crippen LogP contribution is -2.48. The van der Waals surface area contributed by atoms with Gasteiger partial charge in [0.2, 0.25) is 11.8 Å². The summed E-state index contributed by atoms with van der Waals surface area (Å²) in [6.07, 6.45) is 5.65. The first kappa shape index (κ1) is 16.3. The zero-order chi connectivity index (χ0) is 15.2. The average molecular weight is 312 g/mol. The fraction of sp³-hybridized carbons (Fsp3) is 0.786. The molecule has 1 aromatic rings. The quantitative estimate of drug-likeness (QED) is 0.850. The molecular formula is C14H24N4O2S. The van der Waals surface area contributed by atoms with Gasteiger partial charge < -0.3 is 15.2 Å². The Bertz CT molecular complexity index is 466. The Labute approximate surface area is 129 Å². The Balaban J connectivity index is 1.86. The molecule has 0 saturated carbocycles. The van der Waals surface area contributed by atoms with Crippen LogP contribution in [0.2, 0.25) is 0 Å². The van der Waals surface area contributed by atoms with Crippen LogP contribution in [0, 0.1) is 12.8 Å². The lowest BCUT2D eigenvalue weighted by atomic mass is 9.94. The van der Waals surface area contributed by atoms with Crippen LogP contribution < -0.4 is 5.73 Å². The monoisotopic (exact) mass is 312 g/mol. The maximum absolute atomic E-state index is 12.3. The highest BCUT2D eigenvalue weighted by Crippen LogP contribution is 2.20. The molecule has 0 aromatic carbocycles. The largest absolute Gasteiger partial charge is 0.341 e. The van der Waals surface area contributed by atoms with E-state index in [2.05, 4.69) is 10.1 Å². The molecule has 1 fully saturated rings. The zero-order valence-electron chi connectivity index (χ0n) is 12.7. The number of amides is 1. The van der Waals surface area contributed by atoms with E-state index in [0.717, 1.165) is 50.4 Å². The molecule has 0 radical (unpaired) electrons. The molecule has 2 atom stereocenters. The van der Waals surface area contributed by atoms with E-state index in [1.165, 1.54) is 0 Å². The van der Waals surface area contributed by atoms with E-state index >= 15 is 0 Å². The molecule has 1 aliphatic rings. The van der Waals surface area contributed by atoms with Gasteiger partial charge in [-0.3, -0.25) is 4.79 Å². The number of aromatic nitrogens is 2. The van der Waals surface area contributed by atoms with Crippen molar-refractivity contribution in [3.8, 4) is 0 Å². The van der Waals surface area contributed by atoms with Gasteiger partial charge in [-0.05, 0) is 37.2 Å². The molecule has 6 nitrogen and oxygen atoms in total. The number of carbonyl (C=O) groups excluding carboxylic acids is 1. The van der Waals surface area contributed by atoms with E-state index in [1.807, 2.05) is 11.2 Å². The molecule has 2 heterocycles. The predicted octanol–water partition coefficient (Wildman–Crippen LogP) is 1.24. The van der Waals surface area contributed by atoms with Crippen LogP contribution in [0.4, 0.5) is 0 Å². The Kier molecular flexibility index (Phi) is 6.05. The number of nitrogens with zero attached hydrogens (tertiary/aromatic N) is 3. The zero-order valence-corrected chi connectivity index (χ0v) is 13.6. The minimum atomic E-state index is -0.372. The van der Waals surface area contributed by atoms with E-state index in [9.17, 15) is 4.79 Å². The minimum absolute atomic E-state index is 0.0815. The molecule has 1 aliphatic heterocycles. The van der Waals surface area contributed by atoms with Crippen LogP contribution in [-0.4, -0.2) is 52.1 Å². The van der Waals surface area contributed by atoms with E-state index < -0.39 is 0 Å². The number of likely N-dealkylation sites (tertiary alicyclic amines) is 1. The maximum Gasteiger partial charge on any atom is 0.239 e. The SMILES string of the molecule is CSCC[C@@H](N)C(=O)N1CCC[C@@H](Cc2noc(C)n2)C1. The fourth-order valence-electron chi connectivity index (χ4n) is 2.72. The molecule has 118 valence electrons. The summed E-state index contributed by atoms with van der Waals surface area (Å²) in [5.41, 5.74) is 5.99. The van der Waals surface area contributed by atoms with Crippen molar-refractivity contribution in [2.45, 2.75) is 38.6 Å². The van der Waals surface area contributed by atoms with Gasteiger partial charge in [-0.25, -0.2) is 0 Å². The first-order chi connectivity index (χ1) is 10.1. The Morgan fingerprint density at radius 3 is 3.10 bits per heavy atom. The van der Waals surface area contributed by atoms with Gasteiger partial charge in [-0.2, -0.15) is 16.7 Å². The third-order valence-corrected chi connectivity index (χ3v) is 4.47. The van der Waals surface area contributed by atoms with Gasteiger partial charge in [-0.1, -0.05) is 5.16 Å². The molecule has 1 amide bonds. The topological polar surface area (TPSA) is 85.3 Å². The maximum atomic E-state index is 12.3. The number of hydrogen-bond donors (Lipinski definition) is 1. The highest BCUT2D eigenvalue weighted by Gasteiger charge is 2.27. The van der Waals surface area contributed by atoms with Crippen molar-refractivity contribution in [3.05, 3.63) is 11.7 Å². The molecule has 21 heavy (non-hydrogen) atoms. The summed E-state index contributed by atoms with van der Waals surface area (Å²) < 4.78 is 5.00. The van der Waals surface area contributed by atoms with Gasteiger partial charge in [0, 0.05) is 26.4 Å². The normalized spacial score (nSPS) is 20.5. The smallest absolute Gasteiger partial charge is 0.239 e. The van der Waals surface area contributed by atoms with Gasteiger partial charge in [0.15, 0.2) is 5.82 Å². The Hall–Kier alpha value is -1.08. The van der Waals surface area contributed by atoms with E-state index in [-0.39, 0.29) is 11.9 Å². The molecule has 7 heteroatoms. The van der Waals surface area contributed by atoms with Crippen molar-refractivity contribution in [2.24, 2.45) is 11.7 Å². The summed E-state index contributed by atoms with van der Waals surface area (Å²) in [6, 6.07) is -0.372. The summed E-state index contributed by atoms with van der Waals surface area (Å²) in [7, 11) is 0. The highest BCUT2D eigenvalue weighted by molar-refractivity contribution is 7.98. The number of nitrogens with two attached hydrogens (primary N) is 1. The molecule has 0 aliphatic carbocycles. The third-order valence-electron chi connectivity index (χ3n) is 3.82. The van der Waals surface area contributed by atoms with Crippen LogP contribution in [0.5, 0.6) is 0 Å². The fourth-order valence-corrected chi connectivity index (χ4v) is 3.21. The molecule has 2 N–H and O–H groups in total. The van der Waals surface area contributed by atoms with Crippen LogP contribution >= 0.6 is 11.8 Å². The van der Waals surface area contributed by atoms with Crippen LogP contribution in [-0.2, 0) is 11.2 Å². The first-order valence-corrected chi connectivity index (χ1v) is 8.82.